The van der Waals surface area contributed by atoms with Gasteiger partial charge in [-0.2, -0.15) is 0 Å². The van der Waals surface area contributed by atoms with Crippen LogP contribution in [-0.2, 0) is 4.79 Å². The van der Waals surface area contributed by atoms with Crippen LogP contribution in [0, 0.1) is 0 Å². The summed E-state index contributed by atoms with van der Waals surface area (Å²) in [4.78, 5) is 22.2. The fourth-order valence-electron chi connectivity index (χ4n) is 1.64. The molecule has 1 aromatic carbocycles. The zero-order valence-electron chi connectivity index (χ0n) is 11.2. The standard InChI is InChI=1S/C15H20O4/c1-2-3-10-19-13-7-4-6-12(11-13)14(16)8-5-9-15(17)18/h4,6-7,11H,2-3,5,8-10H2,1H3,(H,17,18). The van der Waals surface area contributed by atoms with Crippen LogP contribution in [0.4, 0.5) is 0 Å². The Kier molecular flexibility index (Phi) is 6.64. The number of rotatable bonds is 9. The van der Waals surface area contributed by atoms with E-state index in [2.05, 4.69) is 6.92 Å². The van der Waals surface area contributed by atoms with Gasteiger partial charge in [0.1, 0.15) is 5.75 Å². The summed E-state index contributed by atoms with van der Waals surface area (Å²) in [5.41, 5.74) is 0.583. The number of carboxylic acid groups (broad SMARTS) is 1. The Balaban J connectivity index is 2.50. The molecule has 0 aliphatic rings. The minimum absolute atomic E-state index is 0.0262. The minimum atomic E-state index is -0.871. The van der Waals surface area contributed by atoms with Crippen LogP contribution in [0.3, 0.4) is 0 Å². The maximum Gasteiger partial charge on any atom is 0.303 e. The second-order valence-electron chi connectivity index (χ2n) is 4.40. The van der Waals surface area contributed by atoms with Crippen molar-refractivity contribution in [2.24, 2.45) is 0 Å². The molecule has 0 heterocycles. The molecule has 0 bridgehead atoms. The van der Waals surface area contributed by atoms with Crippen LogP contribution in [0.1, 0.15) is 49.4 Å². The van der Waals surface area contributed by atoms with Crippen molar-refractivity contribution in [1.82, 2.24) is 0 Å². The van der Waals surface area contributed by atoms with Crippen molar-refractivity contribution >= 4 is 11.8 Å². The van der Waals surface area contributed by atoms with Gasteiger partial charge in [0.2, 0.25) is 0 Å². The van der Waals surface area contributed by atoms with Crippen LogP contribution in [0.2, 0.25) is 0 Å². The first kappa shape index (κ1) is 15.2. The molecule has 4 nitrogen and oxygen atoms in total. The first-order valence-electron chi connectivity index (χ1n) is 6.61. The normalized spacial score (nSPS) is 10.2. The van der Waals surface area contributed by atoms with Gasteiger partial charge in [-0.05, 0) is 25.0 Å². The maximum absolute atomic E-state index is 11.9. The average molecular weight is 264 g/mol. The molecule has 0 aliphatic heterocycles. The molecule has 0 atom stereocenters. The number of ether oxygens (including phenoxy) is 1. The molecule has 1 N–H and O–H groups in total. The lowest BCUT2D eigenvalue weighted by atomic mass is 10.1. The molecule has 4 heteroatoms. The summed E-state index contributed by atoms with van der Waals surface area (Å²) in [6.07, 6.45) is 2.70. The van der Waals surface area contributed by atoms with Crippen molar-refractivity contribution in [2.75, 3.05) is 6.61 Å². The molecule has 0 aromatic heterocycles. The molecule has 19 heavy (non-hydrogen) atoms. The Morgan fingerprint density at radius 1 is 1.21 bits per heavy atom. The van der Waals surface area contributed by atoms with Gasteiger partial charge in [0.15, 0.2) is 5.78 Å². The lowest BCUT2D eigenvalue weighted by Gasteiger charge is -2.07. The van der Waals surface area contributed by atoms with Gasteiger partial charge in [0, 0.05) is 18.4 Å². The van der Waals surface area contributed by atoms with Crippen molar-refractivity contribution in [3.05, 3.63) is 29.8 Å². The molecule has 0 spiro atoms. The molecule has 0 saturated carbocycles. The van der Waals surface area contributed by atoms with E-state index in [1.165, 1.54) is 0 Å². The van der Waals surface area contributed by atoms with Crippen molar-refractivity contribution in [3.8, 4) is 5.75 Å². The lowest BCUT2D eigenvalue weighted by Crippen LogP contribution is -2.03. The van der Waals surface area contributed by atoms with E-state index in [4.69, 9.17) is 9.84 Å². The van der Waals surface area contributed by atoms with Crippen LogP contribution in [0.15, 0.2) is 24.3 Å². The number of carboxylic acids is 1. The quantitative estimate of drug-likeness (QED) is 0.549. The summed E-state index contributed by atoms with van der Waals surface area (Å²) >= 11 is 0. The number of hydrogen-bond acceptors (Lipinski definition) is 3. The van der Waals surface area contributed by atoms with E-state index in [0.717, 1.165) is 12.8 Å². The van der Waals surface area contributed by atoms with Crippen molar-refractivity contribution in [2.45, 2.75) is 39.0 Å². The van der Waals surface area contributed by atoms with E-state index in [0.29, 0.717) is 24.3 Å². The Morgan fingerprint density at radius 3 is 2.68 bits per heavy atom. The molecule has 0 aliphatic carbocycles. The molecule has 0 radical (unpaired) electrons. The minimum Gasteiger partial charge on any atom is -0.494 e. The smallest absolute Gasteiger partial charge is 0.303 e. The molecule has 1 aromatic rings. The monoisotopic (exact) mass is 264 g/mol. The predicted octanol–water partition coefficient (Wildman–Crippen LogP) is 3.30. The van der Waals surface area contributed by atoms with Crippen LogP contribution in [-0.4, -0.2) is 23.5 Å². The van der Waals surface area contributed by atoms with Gasteiger partial charge < -0.3 is 9.84 Å². The number of ketones is 1. The first-order chi connectivity index (χ1) is 9.13. The summed E-state index contributed by atoms with van der Waals surface area (Å²) in [5, 5.41) is 8.53. The molecule has 0 amide bonds. The number of unbranched alkanes of at least 4 members (excludes halogenated alkanes) is 1. The number of carbonyl (C=O) groups excluding carboxylic acids is 1. The zero-order valence-corrected chi connectivity index (χ0v) is 11.2. The van der Waals surface area contributed by atoms with Gasteiger partial charge in [0.05, 0.1) is 6.61 Å². The van der Waals surface area contributed by atoms with Crippen molar-refractivity contribution < 1.29 is 19.4 Å². The number of Topliss-reactive ketones (excluding diaryl/α,β-unsaturated/α-hetero) is 1. The third-order valence-electron chi connectivity index (χ3n) is 2.72. The van der Waals surface area contributed by atoms with E-state index in [-0.39, 0.29) is 18.6 Å². The van der Waals surface area contributed by atoms with Gasteiger partial charge in [-0.1, -0.05) is 25.5 Å². The number of carbonyl (C=O) groups is 2. The summed E-state index contributed by atoms with van der Waals surface area (Å²) in [5.74, 6) is -0.218. The lowest BCUT2D eigenvalue weighted by molar-refractivity contribution is -0.137. The molecular weight excluding hydrogens is 244 g/mol. The zero-order chi connectivity index (χ0) is 14.1. The summed E-state index contributed by atoms with van der Waals surface area (Å²) in [7, 11) is 0. The van der Waals surface area contributed by atoms with Gasteiger partial charge in [0.25, 0.3) is 0 Å². The summed E-state index contributed by atoms with van der Waals surface area (Å²) < 4.78 is 5.53. The molecule has 1 rings (SSSR count). The van der Waals surface area contributed by atoms with E-state index in [9.17, 15) is 9.59 Å². The van der Waals surface area contributed by atoms with Crippen molar-refractivity contribution in [3.63, 3.8) is 0 Å². The fraction of sp³-hybridized carbons (Fsp3) is 0.467. The number of benzene rings is 1. The topological polar surface area (TPSA) is 63.6 Å². The van der Waals surface area contributed by atoms with Crippen LogP contribution in [0.25, 0.3) is 0 Å². The molecule has 0 unspecified atom stereocenters. The number of hydrogen-bond donors (Lipinski definition) is 1. The van der Waals surface area contributed by atoms with Crippen LogP contribution >= 0.6 is 0 Å². The first-order valence-corrected chi connectivity index (χ1v) is 6.61. The third-order valence-corrected chi connectivity index (χ3v) is 2.72. The summed E-state index contributed by atoms with van der Waals surface area (Å²) in [6.45, 7) is 2.74. The highest BCUT2D eigenvalue weighted by atomic mass is 16.5. The van der Waals surface area contributed by atoms with Gasteiger partial charge in [-0.25, -0.2) is 0 Å². The second kappa shape index (κ2) is 8.29. The van der Waals surface area contributed by atoms with E-state index >= 15 is 0 Å². The van der Waals surface area contributed by atoms with E-state index < -0.39 is 5.97 Å². The molecule has 0 saturated heterocycles. The van der Waals surface area contributed by atoms with Gasteiger partial charge in [-0.15, -0.1) is 0 Å². The third kappa shape index (κ3) is 6.04. The van der Waals surface area contributed by atoms with Crippen molar-refractivity contribution in [1.29, 1.82) is 0 Å². The van der Waals surface area contributed by atoms with E-state index in [1.807, 2.05) is 6.07 Å². The maximum atomic E-state index is 11.9. The largest absolute Gasteiger partial charge is 0.494 e. The molecule has 0 fully saturated rings. The van der Waals surface area contributed by atoms with Crippen LogP contribution < -0.4 is 4.74 Å². The Morgan fingerprint density at radius 2 is 2.00 bits per heavy atom. The Labute approximate surface area is 113 Å². The highest BCUT2D eigenvalue weighted by Crippen LogP contribution is 2.16. The summed E-state index contributed by atoms with van der Waals surface area (Å²) in [6, 6.07) is 7.06. The SMILES string of the molecule is CCCCOc1cccc(C(=O)CCCC(=O)O)c1. The fourth-order valence-corrected chi connectivity index (χ4v) is 1.64. The molecule has 104 valence electrons. The predicted molar refractivity (Wildman–Crippen MR) is 72.7 cm³/mol. The Bertz CT molecular complexity index is 426. The van der Waals surface area contributed by atoms with E-state index in [1.54, 1.807) is 18.2 Å². The highest BCUT2D eigenvalue weighted by molar-refractivity contribution is 5.96. The Hall–Kier alpha value is -1.84. The highest BCUT2D eigenvalue weighted by Gasteiger charge is 2.08. The average Bonchev–Trinajstić information content (AvgIpc) is 2.39. The van der Waals surface area contributed by atoms with Gasteiger partial charge in [-0.3, -0.25) is 9.59 Å². The number of aliphatic carboxylic acids is 1. The molecular formula is C15H20O4. The second-order valence-corrected chi connectivity index (χ2v) is 4.40. The van der Waals surface area contributed by atoms with Crippen LogP contribution in [0.5, 0.6) is 5.75 Å². The van der Waals surface area contributed by atoms with Gasteiger partial charge >= 0.3 is 5.97 Å².